The van der Waals surface area contributed by atoms with Crippen molar-refractivity contribution in [2.24, 2.45) is 5.92 Å². The van der Waals surface area contributed by atoms with E-state index in [1.807, 2.05) is 25.1 Å². The molecular formula is C22H22FN3O6. The number of hydrogen-bond acceptors (Lipinski definition) is 6. The normalized spacial score (nSPS) is 17.4. The highest BCUT2D eigenvalue weighted by molar-refractivity contribution is 6.00. The maximum absolute atomic E-state index is 13.7. The van der Waals surface area contributed by atoms with Crippen molar-refractivity contribution in [3.05, 3.63) is 57.9 Å². The number of nitro groups is 1. The molecule has 2 amide bonds. The zero-order valence-corrected chi connectivity index (χ0v) is 17.5. The van der Waals surface area contributed by atoms with E-state index in [4.69, 9.17) is 9.47 Å². The predicted molar refractivity (Wildman–Crippen MR) is 112 cm³/mol. The van der Waals surface area contributed by atoms with Crippen LogP contribution in [0.2, 0.25) is 0 Å². The molecule has 0 aliphatic carbocycles. The summed E-state index contributed by atoms with van der Waals surface area (Å²) in [6.45, 7) is 3.55. The number of rotatable bonds is 6. The molecule has 2 aliphatic rings. The van der Waals surface area contributed by atoms with E-state index in [-0.39, 0.29) is 30.5 Å². The zero-order chi connectivity index (χ0) is 22.8. The molecule has 0 radical (unpaired) electrons. The fourth-order valence-corrected chi connectivity index (χ4v) is 4.00. The summed E-state index contributed by atoms with van der Waals surface area (Å²) in [4.78, 5) is 38.9. The highest BCUT2D eigenvalue weighted by Crippen LogP contribution is 2.35. The Kier molecular flexibility index (Phi) is 5.93. The molecule has 0 N–H and O–H groups in total. The number of halogens is 1. The van der Waals surface area contributed by atoms with E-state index in [1.54, 1.807) is 4.90 Å². The summed E-state index contributed by atoms with van der Waals surface area (Å²) < 4.78 is 25.0. The lowest BCUT2D eigenvalue weighted by atomic mass is 10.1. The number of carbonyl (C=O) groups is 2. The summed E-state index contributed by atoms with van der Waals surface area (Å²) >= 11 is 0. The number of amides is 2. The molecule has 1 atom stereocenters. The molecule has 10 heteroatoms. The average Bonchev–Trinajstić information content (AvgIpc) is 3.18. The zero-order valence-electron chi connectivity index (χ0n) is 17.5. The van der Waals surface area contributed by atoms with E-state index in [2.05, 4.69) is 0 Å². The van der Waals surface area contributed by atoms with Gasteiger partial charge in [0.1, 0.15) is 13.2 Å². The molecule has 1 unspecified atom stereocenters. The fourth-order valence-electron chi connectivity index (χ4n) is 4.00. The minimum atomic E-state index is -0.979. The van der Waals surface area contributed by atoms with Gasteiger partial charge in [-0.2, -0.15) is 4.39 Å². The molecule has 0 spiro atoms. The fraction of sp³-hybridized carbons (Fsp3) is 0.364. The van der Waals surface area contributed by atoms with Crippen molar-refractivity contribution in [3.8, 4) is 11.5 Å². The number of nitrogens with zero attached hydrogens (tertiary/aromatic N) is 3. The van der Waals surface area contributed by atoms with Gasteiger partial charge in [-0.3, -0.25) is 19.7 Å². The van der Waals surface area contributed by atoms with Crippen LogP contribution in [0.1, 0.15) is 18.9 Å². The van der Waals surface area contributed by atoms with Gasteiger partial charge >= 0.3 is 5.69 Å². The monoisotopic (exact) mass is 443 g/mol. The number of ether oxygens (including phenoxy) is 2. The number of para-hydroxylation sites is 1. The Morgan fingerprint density at radius 3 is 2.81 bits per heavy atom. The highest BCUT2D eigenvalue weighted by atomic mass is 19.1. The van der Waals surface area contributed by atoms with Gasteiger partial charge < -0.3 is 19.3 Å². The Bertz CT molecular complexity index is 1080. The molecule has 0 bridgehead atoms. The van der Waals surface area contributed by atoms with Crippen molar-refractivity contribution in [3.63, 3.8) is 0 Å². The summed E-state index contributed by atoms with van der Waals surface area (Å²) in [5.41, 5.74) is 0.299. The second kappa shape index (κ2) is 8.81. The quantitative estimate of drug-likeness (QED) is 0.503. The molecule has 2 heterocycles. The molecule has 32 heavy (non-hydrogen) atoms. The Labute approximate surface area is 183 Å². The lowest BCUT2D eigenvalue weighted by Gasteiger charge is -2.27. The molecule has 2 aliphatic heterocycles. The van der Waals surface area contributed by atoms with Crippen molar-refractivity contribution >= 4 is 23.2 Å². The van der Waals surface area contributed by atoms with E-state index >= 15 is 0 Å². The summed E-state index contributed by atoms with van der Waals surface area (Å²) in [7, 11) is 0. The SMILES string of the molecule is CCN(Cc1cccc2c1OCCO2)C(=O)C1CC(=O)N(c2ccc(F)c([N+](=O)[O-])c2)C1. The molecule has 1 fully saturated rings. The topological polar surface area (TPSA) is 102 Å². The first kappa shape index (κ1) is 21.5. The van der Waals surface area contributed by atoms with Crippen molar-refractivity contribution in [2.45, 2.75) is 19.9 Å². The van der Waals surface area contributed by atoms with Crippen LogP contribution in [0.25, 0.3) is 0 Å². The number of nitro benzene ring substituents is 1. The van der Waals surface area contributed by atoms with Crippen molar-refractivity contribution in [2.75, 3.05) is 31.2 Å². The predicted octanol–water partition coefficient (Wildman–Crippen LogP) is 2.91. The minimum Gasteiger partial charge on any atom is -0.486 e. The van der Waals surface area contributed by atoms with E-state index in [1.165, 1.54) is 11.0 Å². The molecule has 0 saturated carbocycles. The molecule has 1 saturated heterocycles. The standard InChI is InChI=1S/C22H22FN3O6/c1-2-24(12-14-4-3-5-19-21(14)32-9-8-31-19)22(28)15-10-20(27)25(13-15)16-6-7-17(23)18(11-16)26(29)30/h3-7,11,15H,2,8-10,12-13H2,1H3. The smallest absolute Gasteiger partial charge is 0.306 e. The van der Waals surface area contributed by atoms with Crippen LogP contribution < -0.4 is 14.4 Å². The van der Waals surface area contributed by atoms with Crippen LogP contribution in [0.15, 0.2) is 36.4 Å². The number of anilines is 1. The van der Waals surface area contributed by atoms with Gasteiger partial charge in [0, 0.05) is 37.7 Å². The summed E-state index contributed by atoms with van der Waals surface area (Å²) in [6.07, 6.45) is -0.0208. The van der Waals surface area contributed by atoms with Crippen molar-refractivity contribution in [1.29, 1.82) is 0 Å². The number of benzene rings is 2. The van der Waals surface area contributed by atoms with Gasteiger partial charge in [0.25, 0.3) is 0 Å². The first-order valence-corrected chi connectivity index (χ1v) is 10.3. The van der Waals surface area contributed by atoms with Crippen LogP contribution in [-0.4, -0.2) is 47.9 Å². The third-order valence-corrected chi connectivity index (χ3v) is 5.61. The third-order valence-electron chi connectivity index (χ3n) is 5.61. The molecule has 168 valence electrons. The van der Waals surface area contributed by atoms with Gasteiger partial charge in [-0.15, -0.1) is 0 Å². The van der Waals surface area contributed by atoms with Crippen LogP contribution in [0.3, 0.4) is 0 Å². The third kappa shape index (κ3) is 4.08. The lowest BCUT2D eigenvalue weighted by Crippen LogP contribution is -2.37. The van der Waals surface area contributed by atoms with E-state index < -0.39 is 22.3 Å². The number of hydrogen-bond donors (Lipinski definition) is 0. The minimum absolute atomic E-state index is 0.0208. The Hall–Kier alpha value is -3.69. The molecule has 0 aromatic heterocycles. The van der Waals surface area contributed by atoms with Crippen molar-refractivity contribution < 1.29 is 28.4 Å². The Morgan fingerprint density at radius 1 is 1.28 bits per heavy atom. The van der Waals surface area contributed by atoms with Crippen LogP contribution in [0.5, 0.6) is 11.5 Å². The lowest BCUT2D eigenvalue weighted by molar-refractivity contribution is -0.387. The van der Waals surface area contributed by atoms with Gasteiger partial charge in [0.15, 0.2) is 11.5 Å². The first-order chi connectivity index (χ1) is 15.4. The average molecular weight is 443 g/mol. The van der Waals surface area contributed by atoms with E-state index in [0.717, 1.165) is 17.7 Å². The molecule has 9 nitrogen and oxygen atoms in total. The van der Waals surface area contributed by atoms with Crippen molar-refractivity contribution in [1.82, 2.24) is 4.90 Å². The second-order valence-corrected chi connectivity index (χ2v) is 7.59. The van der Waals surface area contributed by atoms with Crippen LogP contribution in [0.4, 0.5) is 15.8 Å². The molecular weight excluding hydrogens is 421 g/mol. The van der Waals surface area contributed by atoms with Crippen LogP contribution in [-0.2, 0) is 16.1 Å². The van der Waals surface area contributed by atoms with Gasteiger partial charge in [-0.25, -0.2) is 0 Å². The summed E-state index contributed by atoms with van der Waals surface area (Å²) in [5, 5.41) is 11.0. The van der Waals surface area contributed by atoms with E-state index in [9.17, 15) is 24.1 Å². The van der Waals surface area contributed by atoms with Crippen LogP contribution >= 0.6 is 0 Å². The van der Waals surface area contributed by atoms with Gasteiger partial charge in [0.05, 0.1) is 16.5 Å². The van der Waals surface area contributed by atoms with E-state index in [0.29, 0.717) is 37.8 Å². The molecule has 2 aromatic rings. The van der Waals surface area contributed by atoms with Gasteiger partial charge in [-0.1, -0.05) is 12.1 Å². The second-order valence-electron chi connectivity index (χ2n) is 7.59. The maximum Gasteiger partial charge on any atom is 0.306 e. The number of carbonyl (C=O) groups excluding carboxylic acids is 2. The number of fused-ring (bicyclic) bond motifs is 1. The van der Waals surface area contributed by atoms with Gasteiger partial charge in [0.2, 0.25) is 17.6 Å². The largest absolute Gasteiger partial charge is 0.486 e. The Morgan fingerprint density at radius 2 is 2.06 bits per heavy atom. The summed E-state index contributed by atoms with van der Waals surface area (Å²) in [6, 6.07) is 8.79. The maximum atomic E-state index is 13.7. The van der Waals surface area contributed by atoms with Gasteiger partial charge in [-0.05, 0) is 25.1 Å². The molecule has 2 aromatic carbocycles. The molecule has 4 rings (SSSR count). The Balaban J connectivity index is 1.50. The van der Waals surface area contributed by atoms with Crippen LogP contribution in [0, 0.1) is 21.8 Å². The first-order valence-electron chi connectivity index (χ1n) is 10.3. The summed E-state index contributed by atoms with van der Waals surface area (Å²) in [5.74, 6) is -0.871. The highest BCUT2D eigenvalue weighted by Gasteiger charge is 2.38.